The number of hydrogen-bond donors (Lipinski definition) is 2. The summed E-state index contributed by atoms with van der Waals surface area (Å²) in [6.45, 7) is 0. The van der Waals surface area contributed by atoms with Gasteiger partial charge in [0.25, 0.3) is 5.56 Å². The SMILES string of the molecule is Nc1ccccc1C(=O)CC1(O)c2ccccc2-n2c1nc1ccccc1c2=O. The van der Waals surface area contributed by atoms with Crippen LogP contribution in [0.3, 0.4) is 0 Å². The summed E-state index contributed by atoms with van der Waals surface area (Å²) in [5, 5.41) is 12.2. The number of fused-ring (bicyclic) bond motifs is 4. The number of aromatic nitrogens is 2. The van der Waals surface area contributed by atoms with Crippen molar-refractivity contribution in [2.45, 2.75) is 12.0 Å². The molecule has 0 bridgehead atoms. The maximum absolute atomic E-state index is 13.2. The van der Waals surface area contributed by atoms with Crippen molar-refractivity contribution in [3.05, 3.63) is 100 Å². The second kappa shape index (κ2) is 6.12. The fourth-order valence-electron chi connectivity index (χ4n) is 4.03. The maximum Gasteiger partial charge on any atom is 0.266 e. The third-order valence-electron chi connectivity index (χ3n) is 5.41. The van der Waals surface area contributed by atoms with Crippen LogP contribution in [0, 0.1) is 0 Å². The summed E-state index contributed by atoms with van der Waals surface area (Å²) in [7, 11) is 0. The molecular weight excluding hydrogens is 366 g/mol. The molecule has 1 atom stereocenters. The van der Waals surface area contributed by atoms with Crippen molar-refractivity contribution in [2.75, 3.05) is 5.73 Å². The van der Waals surface area contributed by atoms with Crippen molar-refractivity contribution in [1.82, 2.24) is 9.55 Å². The Morgan fingerprint density at radius 1 is 1.00 bits per heavy atom. The number of nitrogen functional groups attached to an aromatic ring is 1. The van der Waals surface area contributed by atoms with E-state index in [4.69, 9.17) is 5.73 Å². The Labute approximate surface area is 165 Å². The molecule has 4 aromatic rings. The van der Waals surface area contributed by atoms with E-state index in [1.54, 1.807) is 72.8 Å². The van der Waals surface area contributed by atoms with Crippen molar-refractivity contribution >= 4 is 22.4 Å². The third kappa shape index (κ3) is 2.43. The predicted octanol–water partition coefficient (Wildman–Crippen LogP) is 2.79. The van der Waals surface area contributed by atoms with Gasteiger partial charge < -0.3 is 10.8 Å². The van der Waals surface area contributed by atoms with E-state index in [1.165, 1.54) is 4.57 Å². The van der Waals surface area contributed by atoms with Crippen molar-refractivity contribution < 1.29 is 9.90 Å². The minimum Gasteiger partial charge on any atom is -0.398 e. The van der Waals surface area contributed by atoms with Gasteiger partial charge in [-0.2, -0.15) is 0 Å². The number of carbonyl (C=O) groups is 1. The van der Waals surface area contributed by atoms with Gasteiger partial charge in [-0.25, -0.2) is 4.98 Å². The van der Waals surface area contributed by atoms with Crippen LogP contribution in [-0.4, -0.2) is 20.4 Å². The van der Waals surface area contributed by atoms with E-state index in [0.717, 1.165) is 0 Å². The fraction of sp³-hybridized carbons (Fsp3) is 0.0870. The highest BCUT2D eigenvalue weighted by atomic mass is 16.3. The topological polar surface area (TPSA) is 98.2 Å². The first-order chi connectivity index (χ1) is 14.0. The van der Waals surface area contributed by atoms with E-state index in [9.17, 15) is 14.7 Å². The van der Waals surface area contributed by atoms with Crippen LogP contribution in [0.1, 0.15) is 28.2 Å². The number of anilines is 1. The zero-order valence-corrected chi connectivity index (χ0v) is 15.4. The molecule has 0 fully saturated rings. The molecule has 6 heteroatoms. The number of Topliss-reactive ketones (excluding diaryl/α,β-unsaturated/α-hetero) is 1. The van der Waals surface area contributed by atoms with E-state index in [2.05, 4.69) is 4.98 Å². The number of aliphatic hydroxyl groups is 1. The van der Waals surface area contributed by atoms with Crippen LogP contribution in [0.5, 0.6) is 0 Å². The van der Waals surface area contributed by atoms with Crippen LogP contribution in [0.25, 0.3) is 16.6 Å². The number of carbonyl (C=O) groups excluding carboxylic acids is 1. The Balaban J connectivity index is 1.75. The molecule has 29 heavy (non-hydrogen) atoms. The first-order valence-corrected chi connectivity index (χ1v) is 9.23. The van der Waals surface area contributed by atoms with Crippen LogP contribution in [0.2, 0.25) is 0 Å². The average Bonchev–Trinajstić information content (AvgIpc) is 2.97. The van der Waals surface area contributed by atoms with E-state index in [1.807, 2.05) is 0 Å². The van der Waals surface area contributed by atoms with Crippen LogP contribution < -0.4 is 11.3 Å². The monoisotopic (exact) mass is 383 g/mol. The summed E-state index contributed by atoms with van der Waals surface area (Å²) in [4.78, 5) is 30.8. The molecule has 0 saturated heterocycles. The lowest BCUT2D eigenvalue weighted by Gasteiger charge is -2.23. The van der Waals surface area contributed by atoms with Crippen LogP contribution in [-0.2, 0) is 5.60 Å². The number of rotatable bonds is 3. The summed E-state index contributed by atoms with van der Waals surface area (Å²) >= 11 is 0. The van der Waals surface area contributed by atoms with Gasteiger partial charge in [0.1, 0.15) is 0 Å². The standard InChI is InChI=1S/C23H17N3O3/c24-17-10-4-1-7-14(17)20(27)13-23(29)16-9-3-6-12-19(16)26-21(28)15-8-2-5-11-18(15)25-22(23)26/h1-12,29H,13,24H2. The third-order valence-corrected chi connectivity index (χ3v) is 5.41. The van der Waals surface area contributed by atoms with Crippen molar-refractivity contribution in [1.29, 1.82) is 0 Å². The fourth-order valence-corrected chi connectivity index (χ4v) is 4.03. The zero-order chi connectivity index (χ0) is 20.2. The second-order valence-corrected chi connectivity index (χ2v) is 7.16. The van der Waals surface area contributed by atoms with E-state index in [0.29, 0.717) is 33.4 Å². The number of hydrogen-bond acceptors (Lipinski definition) is 5. The highest BCUT2D eigenvalue weighted by Gasteiger charge is 2.46. The molecule has 1 aromatic heterocycles. The molecule has 0 amide bonds. The number of ketones is 1. The van der Waals surface area contributed by atoms with Gasteiger partial charge in [-0.15, -0.1) is 0 Å². The Kier molecular flexibility index (Phi) is 3.66. The first-order valence-electron chi connectivity index (χ1n) is 9.23. The van der Waals surface area contributed by atoms with Gasteiger partial charge in [-0.3, -0.25) is 14.2 Å². The predicted molar refractivity (Wildman–Crippen MR) is 110 cm³/mol. The lowest BCUT2D eigenvalue weighted by molar-refractivity contribution is 0.0562. The molecule has 0 spiro atoms. The summed E-state index contributed by atoms with van der Waals surface area (Å²) in [5.41, 5.74) is 6.09. The van der Waals surface area contributed by atoms with Gasteiger partial charge in [0.2, 0.25) is 0 Å². The molecule has 1 unspecified atom stereocenters. The van der Waals surface area contributed by atoms with Gasteiger partial charge in [-0.05, 0) is 30.3 Å². The van der Waals surface area contributed by atoms with Crippen molar-refractivity contribution in [2.24, 2.45) is 0 Å². The largest absolute Gasteiger partial charge is 0.398 e. The van der Waals surface area contributed by atoms with Gasteiger partial charge in [0, 0.05) is 16.8 Å². The number of para-hydroxylation sites is 3. The van der Waals surface area contributed by atoms with E-state index < -0.39 is 5.60 Å². The van der Waals surface area contributed by atoms with Crippen LogP contribution >= 0.6 is 0 Å². The van der Waals surface area contributed by atoms with Gasteiger partial charge in [0.05, 0.1) is 23.0 Å². The van der Waals surface area contributed by atoms with Crippen molar-refractivity contribution in [3.8, 4) is 5.69 Å². The summed E-state index contributed by atoms with van der Waals surface area (Å²) in [5.74, 6) is -0.179. The molecule has 1 aliphatic rings. The summed E-state index contributed by atoms with van der Waals surface area (Å²) in [6.07, 6.45) is -0.275. The lowest BCUT2D eigenvalue weighted by atomic mass is 9.87. The number of benzene rings is 3. The minimum atomic E-state index is -1.74. The maximum atomic E-state index is 13.2. The molecule has 3 N–H and O–H groups in total. The normalized spacial score (nSPS) is 17.1. The molecule has 6 nitrogen and oxygen atoms in total. The summed E-state index contributed by atoms with van der Waals surface area (Å²) < 4.78 is 1.40. The molecule has 142 valence electrons. The number of nitrogens with zero attached hydrogens (tertiary/aromatic N) is 2. The Hall–Kier alpha value is -3.77. The smallest absolute Gasteiger partial charge is 0.266 e. The van der Waals surface area contributed by atoms with Gasteiger partial charge >= 0.3 is 0 Å². The molecule has 0 radical (unpaired) electrons. The van der Waals surface area contributed by atoms with Crippen LogP contribution in [0.15, 0.2) is 77.6 Å². The quantitative estimate of drug-likeness (QED) is 0.419. The molecule has 0 aliphatic carbocycles. The van der Waals surface area contributed by atoms with Gasteiger partial charge in [0.15, 0.2) is 17.2 Å². The Bertz CT molecular complexity index is 1360. The second-order valence-electron chi connectivity index (χ2n) is 7.16. The molecule has 5 rings (SSSR count). The first kappa shape index (κ1) is 17.3. The van der Waals surface area contributed by atoms with Crippen LogP contribution in [0.4, 0.5) is 5.69 Å². The van der Waals surface area contributed by atoms with Gasteiger partial charge in [-0.1, -0.05) is 42.5 Å². The molecule has 0 saturated carbocycles. The molecule has 2 heterocycles. The average molecular weight is 383 g/mol. The zero-order valence-electron chi connectivity index (χ0n) is 15.4. The molecule has 1 aliphatic heterocycles. The highest BCUT2D eigenvalue weighted by Crippen LogP contribution is 2.42. The van der Waals surface area contributed by atoms with E-state index >= 15 is 0 Å². The Morgan fingerprint density at radius 2 is 1.69 bits per heavy atom. The lowest BCUT2D eigenvalue weighted by Crippen LogP contribution is -2.32. The number of nitrogens with two attached hydrogens (primary N) is 1. The minimum absolute atomic E-state index is 0.144. The molecular formula is C23H17N3O3. The highest BCUT2D eigenvalue weighted by molar-refractivity contribution is 6.01. The van der Waals surface area contributed by atoms with Crippen molar-refractivity contribution in [3.63, 3.8) is 0 Å². The molecule has 3 aromatic carbocycles. The summed E-state index contributed by atoms with van der Waals surface area (Å²) in [6, 6.07) is 20.7. The van der Waals surface area contributed by atoms with E-state index in [-0.39, 0.29) is 23.6 Å². The Morgan fingerprint density at radius 3 is 2.52 bits per heavy atom.